The van der Waals surface area contributed by atoms with E-state index in [1.807, 2.05) is 6.07 Å². The number of carboxylic acids is 1. The number of nitrogens with one attached hydrogen (secondary N) is 13. The van der Waals surface area contributed by atoms with Crippen molar-refractivity contribution in [3.8, 4) is 5.75 Å². The van der Waals surface area contributed by atoms with Gasteiger partial charge in [-0.15, -0.1) is 0 Å². The van der Waals surface area contributed by atoms with Gasteiger partial charge in [0.25, 0.3) is 0 Å². The molecule has 50 nitrogen and oxygen atoms in total. The van der Waals surface area contributed by atoms with Crippen LogP contribution < -0.4 is 149 Å². The highest BCUT2D eigenvalue weighted by atomic mass is 33.1. The molecular weight excluding hydrogens is 1810 g/mol. The van der Waals surface area contributed by atoms with Crippen LogP contribution in [0.2, 0.25) is 0 Å². The van der Waals surface area contributed by atoms with Crippen molar-refractivity contribution in [3.63, 3.8) is 0 Å². The Bertz CT molecular complexity index is 4630. The maximum atomic E-state index is 16.0. The Balaban J connectivity index is 1.81. The van der Waals surface area contributed by atoms with E-state index in [0.29, 0.717) is 23.8 Å². The molecule has 43 N–H and O–H groups in total. The highest BCUT2D eigenvalue weighted by Crippen LogP contribution is 2.26. The van der Waals surface area contributed by atoms with Crippen LogP contribution in [0.5, 0.6) is 5.75 Å². The average molecular weight is 1950 g/mol. The summed E-state index contributed by atoms with van der Waals surface area (Å²) in [4.78, 5) is 242. The normalized spacial score (nSPS) is 20.7. The number of carbonyl (C=O) groups excluding carboxylic acids is 14. The zero-order valence-electron chi connectivity index (χ0n) is 76.4. The first-order valence-electron chi connectivity index (χ1n) is 44.9. The van der Waals surface area contributed by atoms with Gasteiger partial charge in [-0.1, -0.05) is 76.2 Å². The molecule has 752 valence electrons. The second-order valence-electron chi connectivity index (χ2n) is 32.6. The molecule has 0 saturated carbocycles. The number of unbranched alkanes of at least 4 members (excludes halogenated alkanes) is 2. The van der Waals surface area contributed by atoms with E-state index in [1.165, 1.54) is 36.1 Å². The molecule has 2 aliphatic heterocycles. The predicted molar refractivity (Wildman–Crippen MR) is 516 cm³/mol. The molecule has 0 unspecified atom stereocenters. The quantitative estimate of drug-likeness (QED) is 0.0108. The second kappa shape index (κ2) is 60.7. The first-order chi connectivity index (χ1) is 64.8. The largest absolute Gasteiger partial charge is 0.508 e. The van der Waals surface area contributed by atoms with Crippen LogP contribution in [0.15, 0.2) is 91.7 Å². The highest BCUT2D eigenvalue weighted by molar-refractivity contribution is 8.76. The van der Waals surface area contributed by atoms with E-state index in [2.05, 4.69) is 94.1 Å². The van der Waals surface area contributed by atoms with Gasteiger partial charge in [-0.25, -0.2) is 9.59 Å². The summed E-state index contributed by atoms with van der Waals surface area (Å²) >= 11 is 0. The standard InChI is InChI=1S/C84H137N33O17S2/c1-46-65(119)106-54(20-9-35-100-80(90)91)67(121)109-57(23-12-39-104-84(98)134)71(125)115-62(74(128)112-59(78(132)133)24-13-38-103-83(96)97)44-135-136-45-63(116-73(127)61(43-48-26-29-49-15-2-3-16-50(49)41-48)113-70(124)55(21-10-36-101-81(92)93)107-66(120)52(87)17-8-34-99-79(88)89)75(129)114-60(42-47-27-30-51(118)31-28-47)72(126)110-56(22-11-37-102-82(94)95)68(122)108-53(18-4-6-32-85)69(123)111-58(19-5-7-33-86)77(131)117-40-14-25-64(117)76(130)105-46/h2-3,15-16,26-31,41,46,52-64,118H,4-14,17-25,32-40,42-45,85-87H2,1H3,(H,105,130)(H,106,119)(H,107,120)(H,108,122)(H,109,121)(H,110,126)(H,111,123)(H,112,128)(H,113,124)(H,114,129)(H,115,125)(H,116,127)(H,132,133)(H4,88,89,99)(H4,90,91,100)(H4,92,93,101)(H4,94,95,102)(H4,96,97,103)(H3,98,104,134)/t46-,52-,53-,54-,55-,56-,57-,58+,59-,60-,61-,62-,63-,64-/m0/s1. The Morgan fingerprint density at radius 2 is 0.919 bits per heavy atom. The first-order valence-corrected chi connectivity index (χ1v) is 47.4. The van der Waals surface area contributed by atoms with Gasteiger partial charge in [0.2, 0.25) is 76.8 Å². The maximum Gasteiger partial charge on any atom is 0.326 e. The molecule has 5 rings (SSSR count). The van der Waals surface area contributed by atoms with Crippen LogP contribution in [0.25, 0.3) is 10.8 Å². The molecule has 0 spiro atoms. The van der Waals surface area contributed by atoms with Crippen molar-refractivity contribution in [2.45, 2.75) is 233 Å². The minimum atomic E-state index is -1.88. The lowest BCUT2D eigenvalue weighted by Crippen LogP contribution is -2.61. The lowest BCUT2D eigenvalue weighted by molar-refractivity contribution is -0.142. The summed E-state index contributed by atoms with van der Waals surface area (Å²) in [7, 11) is 1.51. The zero-order valence-corrected chi connectivity index (χ0v) is 78.0. The number of urea groups is 1. The third-order valence-electron chi connectivity index (χ3n) is 21.6. The number of nitrogens with two attached hydrogens (primary N) is 14. The number of phenolic OH excluding ortho intramolecular Hbond substituents is 1. The third-order valence-corrected chi connectivity index (χ3v) is 24.1. The van der Waals surface area contributed by atoms with Gasteiger partial charge in [0.15, 0.2) is 29.8 Å². The Morgan fingerprint density at radius 3 is 1.46 bits per heavy atom. The molecule has 0 bridgehead atoms. The Kier molecular flexibility index (Phi) is 50.4. The van der Waals surface area contributed by atoms with Crippen molar-refractivity contribution in [3.05, 3.63) is 77.9 Å². The number of fused-ring (bicyclic) bond motifs is 2. The molecule has 0 radical (unpaired) electrons. The second-order valence-corrected chi connectivity index (χ2v) is 35.2. The minimum absolute atomic E-state index is 0.00743. The number of aliphatic carboxylic acids is 1. The number of carbonyl (C=O) groups is 15. The molecule has 15 amide bonds. The van der Waals surface area contributed by atoms with E-state index in [4.69, 9.17) is 80.3 Å². The number of hydrogen-bond donors (Lipinski definition) is 29. The number of carboxylic acid groups (broad SMARTS) is 1. The van der Waals surface area contributed by atoms with Gasteiger partial charge in [0, 0.05) is 70.2 Å². The summed E-state index contributed by atoms with van der Waals surface area (Å²) in [6.07, 6.45) is -0.513. The lowest BCUT2D eigenvalue weighted by atomic mass is 10.00. The van der Waals surface area contributed by atoms with Gasteiger partial charge >= 0.3 is 12.0 Å². The van der Waals surface area contributed by atoms with E-state index in [1.54, 1.807) is 36.4 Å². The van der Waals surface area contributed by atoms with Gasteiger partial charge < -0.3 is 165 Å². The average Bonchev–Trinajstić information content (AvgIpc) is 1.68. The van der Waals surface area contributed by atoms with Crippen LogP contribution in [-0.2, 0) is 80.0 Å². The number of rotatable bonds is 45. The summed E-state index contributed by atoms with van der Waals surface area (Å²) < 4.78 is 0. The number of phenols is 1. The Labute approximate surface area is 795 Å². The van der Waals surface area contributed by atoms with Crippen molar-refractivity contribution < 1.29 is 82.1 Å². The Morgan fingerprint density at radius 1 is 0.463 bits per heavy atom. The van der Waals surface area contributed by atoms with E-state index in [0.717, 1.165) is 27.0 Å². The summed E-state index contributed by atoms with van der Waals surface area (Å²) in [6, 6.07) is -5.23. The van der Waals surface area contributed by atoms with Crippen molar-refractivity contribution in [2.24, 2.45) is 105 Å². The number of guanidine groups is 5. The van der Waals surface area contributed by atoms with Crippen LogP contribution in [0.1, 0.15) is 146 Å². The summed E-state index contributed by atoms with van der Waals surface area (Å²) in [5, 5.41) is 57.0. The third kappa shape index (κ3) is 42.4. The molecule has 14 atom stereocenters. The number of aromatic hydroxyl groups is 1. The summed E-state index contributed by atoms with van der Waals surface area (Å²) in [5.41, 5.74) is 80.6. The van der Waals surface area contributed by atoms with Crippen LogP contribution >= 0.6 is 21.6 Å². The van der Waals surface area contributed by atoms with Gasteiger partial charge in [0.05, 0.1) is 6.04 Å². The molecular formula is C84H137N33O17S2. The van der Waals surface area contributed by atoms with E-state index in [-0.39, 0.29) is 222 Å². The van der Waals surface area contributed by atoms with Gasteiger partial charge in [-0.2, -0.15) is 0 Å². The molecule has 2 heterocycles. The van der Waals surface area contributed by atoms with Crippen LogP contribution in [0.3, 0.4) is 0 Å². The van der Waals surface area contributed by atoms with E-state index < -0.39 is 191 Å². The number of aliphatic imine (C=N–C) groups is 5. The molecule has 0 aliphatic carbocycles. The monoisotopic (exact) mass is 1940 g/mol. The van der Waals surface area contributed by atoms with Crippen LogP contribution in [0, 0.1) is 0 Å². The van der Waals surface area contributed by atoms with Gasteiger partial charge in [-0.3, -0.25) is 87.3 Å². The zero-order chi connectivity index (χ0) is 100. The molecule has 0 aromatic heterocycles. The fourth-order valence-corrected chi connectivity index (χ4v) is 16.7. The van der Waals surface area contributed by atoms with Crippen LogP contribution in [0.4, 0.5) is 4.79 Å². The van der Waals surface area contributed by atoms with Crippen LogP contribution in [-0.4, -0.2) is 289 Å². The van der Waals surface area contributed by atoms with E-state index in [9.17, 15) is 43.8 Å². The van der Waals surface area contributed by atoms with Gasteiger partial charge in [0.1, 0.15) is 84.3 Å². The lowest BCUT2D eigenvalue weighted by Gasteiger charge is -2.31. The summed E-state index contributed by atoms with van der Waals surface area (Å²) in [5.74, 6) is -17.1. The van der Waals surface area contributed by atoms with Crippen molar-refractivity contribution in [1.29, 1.82) is 0 Å². The summed E-state index contributed by atoms with van der Waals surface area (Å²) in [6.45, 7) is 1.17. The minimum Gasteiger partial charge on any atom is -0.508 e. The molecule has 52 heteroatoms. The van der Waals surface area contributed by atoms with E-state index >= 15 is 38.4 Å². The number of benzene rings is 3. The molecule has 136 heavy (non-hydrogen) atoms. The molecule has 3 aromatic carbocycles. The predicted octanol–water partition coefficient (Wildman–Crippen LogP) is -8.06. The molecule has 2 saturated heterocycles. The number of amides is 15. The molecule has 3 aromatic rings. The SMILES string of the molecule is C[C@@H]1NC(=O)[C@@H]2CCCN2C(=O)[C@@H](CCCCN)NC(=O)[C@H](CCCCN)NC(=O)[C@H](CCCN=C(N)N)NC(=O)[C@H](Cc2ccc(O)cc2)NC(=O)[C@@H](NC(=O)[C@H](Cc2ccc3ccccc3c2)NC(=O)[C@H](CCCN=C(N)N)NC(=O)[C@@H](N)CCCN=C(N)N)CSSC[C@@H](C(=O)N[C@@H](CCCN=C(N)N)C(=O)O)NC(=O)[C@H](CCCNC(N)=O)NC(=O)[C@H](CCCN=C(N)N)NC1=O. The topological polar surface area (TPSA) is 882 Å². The fourth-order valence-electron chi connectivity index (χ4n) is 14.4. The number of nitrogens with zero attached hydrogens (tertiary/aromatic N) is 6. The smallest absolute Gasteiger partial charge is 0.326 e. The number of hydrogen-bond acceptors (Lipinski definition) is 26. The number of primary amides is 1. The molecule has 2 fully saturated rings. The Hall–Kier alpha value is -13.5. The van der Waals surface area contributed by atoms with Gasteiger partial charge in [-0.05, 0) is 182 Å². The highest BCUT2D eigenvalue weighted by Gasteiger charge is 2.42. The fraction of sp³-hybridized carbons (Fsp3) is 0.571. The van der Waals surface area contributed by atoms with Crippen molar-refractivity contribution in [1.82, 2.24) is 74.0 Å². The first kappa shape index (κ1) is 113. The van der Waals surface area contributed by atoms with Crippen molar-refractivity contribution in [2.75, 3.05) is 70.4 Å². The molecule has 2 aliphatic rings. The van der Waals surface area contributed by atoms with Crippen molar-refractivity contribution >= 4 is 151 Å². The maximum absolute atomic E-state index is 16.0.